The zero-order chi connectivity index (χ0) is 43.8. The van der Waals surface area contributed by atoms with Crippen molar-refractivity contribution in [3.8, 4) is 0 Å². The van der Waals surface area contributed by atoms with Gasteiger partial charge in [0.05, 0.1) is 0 Å². The van der Waals surface area contributed by atoms with Gasteiger partial charge in [-0.05, 0) is 25.2 Å². The van der Waals surface area contributed by atoms with Gasteiger partial charge >= 0.3 is 17.9 Å². The standard InChI is InChI=1S/C54H104O6/c1-5-8-10-12-14-16-18-20-22-23-25-27-29-31-33-38-42-46-53(56)59-49-51(60-54(57)47-43-39-35-34-36-40-44-50(4)7-3)48-58-52(55)45-41-37-32-30-28-26-24-21-19-17-15-13-11-9-6-2/h50-51H,5-49H2,1-4H3/t50?,51-/m0/s1. The molecule has 0 aliphatic rings. The molecule has 1 unspecified atom stereocenters. The first-order chi connectivity index (χ1) is 29.4. The van der Waals surface area contributed by atoms with E-state index >= 15 is 0 Å². The van der Waals surface area contributed by atoms with E-state index in [1.54, 1.807) is 0 Å². The summed E-state index contributed by atoms with van der Waals surface area (Å²) in [5, 5.41) is 0. The molecule has 0 saturated carbocycles. The highest BCUT2D eigenvalue weighted by Crippen LogP contribution is 2.18. The Bertz CT molecular complexity index is 905. The van der Waals surface area contributed by atoms with Crippen molar-refractivity contribution < 1.29 is 28.6 Å². The quantitative estimate of drug-likeness (QED) is 0.0345. The van der Waals surface area contributed by atoms with Gasteiger partial charge in [-0.15, -0.1) is 0 Å². The first-order valence-corrected chi connectivity index (χ1v) is 26.9. The summed E-state index contributed by atoms with van der Waals surface area (Å²) in [6.07, 6.45) is 50.9. The minimum absolute atomic E-state index is 0.0635. The van der Waals surface area contributed by atoms with Crippen LogP contribution in [0.1, 0.15) is 304 Å². The first-order valence-electron chi connectivity index (χ1n) is 26.9. The van der Waals surface area contributed by atoms with E-state index < -0.39 is 6.10 Å². The Balaban J connectivity index is 4.25. The summed E-state index contributed by atoms with van der Waals surface area (Å²) in [4.78, 5) is 38.0. The highest BCUT2D eigenvalue weighted by atomic mass is 16.6. The number of esters is 3. The Morgan fingerprint density at radius 1 is 0.333 bits per heavy atom. The summed E-state index contributed by atoms with van der Waals surface area (Å²) >= 11 is 0. The molecule has 0 fully saturated rings. The Kier molecular flexibility index (Phi) is 47.2. The van der Waals surface area contributed by atoms with Crippen molar-refractivity contribution >= 4 is 17.9 Å². The molecular formula is C54H104O6. The summed E-state index contributed by atoms with van der Waals surface area (Å²) < 4.78 is 16.8. The molecule has 2 atom stereocenters. The van der Waals surface area contributed by atoms with Crippen LogP contribution in [0.25, 0.3) is 0 Å². The van der Waals surface area contributed by atoms with Crippen molar-refractivity contribution in [1.29, 1.82) is 0 Å². The number of ether oxygens (including phenoxy) is 3. The molecule has 0 rings (SSSR count). The number of carbonyl (C=O) groups excluding carboxylic acids is 3. The molecule has 60 heavy (non-hydrogen) atoms. The molecule has 356 valence electrons. The van der Waals surface area contributed by atoms with Crippen LogP contribution in [0.4, 0.5) is 0 Å². The van der Waals surface area contributed by atoms with Crippen molar-refractivity contribution in [2.24, 2.45) is 5.92 Å². The summed E-state index contributed by atoms with van der Waals surface area (Å²) in [7, 11) is 0. The predicted octanol–water partition coefficient (Wildman–Crippen LogP) is 17.5. The molecule has 6 nitrogen and oxygen atoms in total. The molecule has 0 radical (unpaired) electrons. The van der Waals surface area contributed by atoms with Crippen LogP contribution in [0.3, 0.4) is 0 Å². The van der Waals surface area contributed by atoms with Crippen LogP contribution in [-0.2, 0) is 28.6 Å². The summed E-state index contributed by atoms with van der Waals surface area (Å²) in [5.74, 6) is -0.0355. The molecular weight excluding hydrogens is 745 g/mol. The van der Waals surface area contributed by atoms with Crippen LogP contribution in [0, 0.1) is 5.92 Å². The summed E-state index contributed by atoms with van der Waals surface area (Å²) in [6.45, 7) is 9.01. The van der Waals surface area contributed by atoms with Crippen LogP contribution >= 0.6 is 0 Å². The molecule has 6 heteroatoms. The Morgan fingerprint density at radius 3 is 0.867 bits per heavy atom. The second kappa shape index (κ2) is 48.4. The summed E-state index contributed by atoms with van der Waals surface area (Å²) in [5.41, 5.74) is 0. The van der Waals surface area contributed by atoms with E-state index in [0.717, 1.165) is 63.7 Å². The van der Waals surface area contributed by atoms with E-state index in [0.29, 0.717) is 19.3 Å². The van der Waals surface area contributed by atoms with Crippen LogP contribution in [-0.4, -0.2) is 37.2 Å². The lowest BCUT2D eigenvalue weighted by atomic mass is 10.00. The molecule has 0 bridgehead atoms. The van der Waals surface area contributed by atoms with E-state index in [1.807, 2.05) is 0 Å². The van der Waals surface area contributed by atoms with Crippen molar-refractivity contribution in [3.05, 3.63) is 0 Å². The lowest BCUT2D eigenvalue weighted by Crippen LogP contribution is -2.30. The molecule has 0 aromatic heterocycles. The minimum Gasteiger partial charge on any atom is -0.462 e. The number of rotatable bonds is 49. The summed E-state index contributed by atoms with van der Waals surface area (Å²) in [6, 6.07) is 0. The molecule has 0 amide bonds. The van der Waals surface area contributed by atoms with Crippen molar-refractivity contribution in [2.45, 2.75) is 310 Å². The lowest BCUT2D eigenvalue weighted by Gasteiger charge is -2.18. The fourth-order valence-electron chi connectivity index (χ4n) is 8.19. The molecule has 0 aromatic carbocycles. The topological polar surface area (TPSA) is 78.9 Å². The Labute approximate surface area is 374 Å². The zero-order valence-corrected chi connectivity index (χ0v) is 40.9. The van der Waals surface area contributed by atoms with Crippen LogP contribution in [0.15, 0.2) is 0 Å². The van der Waals surface area contributed by atoms with Gasteiger partial charge in [-0.25, -0.2) is 0 Å². The van der Waals surface area contributed by atoms with Gasteiger partial charge in [0.25, 0.3) is 0 Å². The fraction of sp³-hybridized carbons (Fsp3) is 0.944. The Morgan fingerprint density at radius 2 is 0.583 bits per heavy atom. The normalized spacial score (nSPS) is 12.4. The van der Waals surface area contributed by atoms with Crippen molar-refractivity contribution in [1.82, 2.24) is 0 Å². The average Bonchev–Trinajstić information content (AvgIpc) is 3.25. The van der Waals surface area contributed by atoms with Gasteiger partial charge in [0.2, 0.25) is 0 Å². The van der Waals surface area contributed by atoms with Crippen LogP contribution in [0.2, 0.25) is 0 Å². The predicted molar refractivity (Wildman–Crippen MR) is 257 cm³/mol. The third kappa shape index (κ3) is 45.9. The molecule has 0 aliphatic carbocycles. The average molecular weight is 849 g/mol. The van der Waals surface area contributed by atoms with Gasteiger partial charge in [-0.2, -0.15) is 0 Å². The number of hydrogen-bond acceptors (Lipinski definition) is 6. The first kappa shape index (κ1) is 58.4. The maximum atomic E-state index is 12.8. The van der Waals surface area contributed by atoms with Crippen molar-refractivity contribution in [2.75, 3.05) is 13.2 Å². The Hall–Kier alpha value is -1.59. The second-order valence-electron chi connectivity index (χ2n) is 18.8. The van der Waals surface area contributed by atoms with E-state index in [2.05, 4.69) is 27.7 Å². The molecule has 0 aliphatic heterocycles. The third-order valence-corrected chi connectivity index (χ3v) is 12.7. The molecule has 0 spiro atoms. The largest absolute Gasteiger partial charge is 0.462 e. The van der Waals surface area contributed by atoms with Gasteiger partial charge < -0.3 is 14.2 Å². The van der Waals surface area contributed by atoms with E-state index in [4.69, 9.17) is 14.2 Å². The van der Waals surface area contributed by atoms with E-state index in [1.165, 1.54) is 199 Å². The fourth-order valence-corrected chi connectivity index (χ4v) is 8.19. The van der Waals surface area contributed by atoms with Crippen molar-refractivity contribution in [3.63, 3.8) is 0 Å². The highest BCUT2D eigenvalue weighted by molar-refractivity contribution is 5.71. The monoisotopic (exact) mass is 849 g/mol. The number of hydrogen-bond donors (Lipinski definition) is 0. The maximum Gasteiger partial charge on any atom is 0.306 e. The zero-order valence-electron chi connectivity index (χ0n) is 40.9. The molecule has 0 heterocycles. The van der Waals surface area contributed by atoms with E-state index in [-0.39, 0.29) is 31.1 Å². The number of unbranched alkanes of at least 4 members (excludes halogenated alkanes) is 35. The van der Waals surface area contributed by atoms with Gasteiger partial charge in [0.15, 0.2) is 6.10 Å². The minimum atomic E-state index is -0.762. The highest BCUT2D eigenvalue weighted by Gasteiger charge is 2.19. The van der Waals surface area contributed by atoms with Gasteiger partial charge in [0.1, 0.15) is 13.2 Å². The van der Waals surface area contributed by atoms with E-state index in [9.17, 15) is 14.4 Å². The van der Waals surface area contributed by atoms with Gasteiger partial charge in [-0.1, -0.05) is 265 Å². The maximum absolute atomic E-state index is 12.8. The van der Waals surface area contributed by atoms with Gasteiger partial charge in [0, 0.05) is 19.3 Å². The SMILES string of the molecule is CCCCCCCCCCCCCCCCCCCC(=O)OC[C@H](COC(=O)CCCCCCCCCCCCCCCCC)OC(=O)CCCCCCCCC(C)CC. The third-order valence-electron chi connectivity index (χ3n) is 12.7. The van der Waals surface area contributed by atoms with Crippen LogP contribution in [0.5, 0.6) is 0 Å². The van der Waals surface area contributed by atoms with Gasteiger partial charge in [-0.3, -0.25) is 14.4 Å². The molecule has 0 aromatic rings. The lowest BCUT2D eigenvalue weighted by molar-refractivity contribution is -0.167. The molecule has 0 saturated heterocycles. The smallest absolute Gasteiger partial charge is 0.306 e. The molecule has 0 N–H and O–H groups in total. The number of carbonyl (C=O) groups is 3. The second-order valence-corrected chi connectivity index (χ2v) is 18.8. The van der Waals surface area contributed by atoms with Crippen LogP contribution < -0.4 is 0 Å².